The van der Waals surface area contributed by atoms with Crippen molar-refractivity contribution in [1.82, 2.24) is 9.97 Å². The fraction of sp³-hybridized carbons (Fsp3) is 0.375. The van der Waals surface area contributed by atoms with Gasteiger partial charge in [-0.25, -0.2) is 4.98 Å². The molecule has 1 aromatic rings. The Morgan fingerprint density at radius 3 is 2.77 bits per heavy atom. The van der Waals surface area contributed by atoms with Crippen molar-refractivity contribution in [2.45, 2.75) is 13.3 Å². The van der Waals surface area contributed by atoms with Crippen molar-refractivity contribution in [3.63, 3.8) is 0 Å². The van der Waals surface area contributed by atoms with Gasteiger partial charge in [0.1, 0.15) is 11.6 Å². The number of Topliss-reactive ketones (excluding diaryl/α,β-unsaturated/α-hetero) is 1. The highest BCUT2D eigenvalue weighted by Gasteiger charge is 2.24. The number of rotatable bonds is 4. The molecule has 1 rings (SSSR count). The van der Waals surface area contributed by atoms with Crippen LogP contribution >= 0.6 is 0 Å². The number of nitrogens with zero attached hydrogens (tertiary/aromatic N) is 1. The van der Waals surface area contributed by atoms with E-state index in [9.17, 15) is 9.59 Å². The summed E-state index contributed by atoms with van der Waals surface area (Å²) in [5.74, 6) is -1.64. The van der Waals surface area contributed by atoms with E-state index in [1.165, 1.54) is 12.5 Å². The second-order valence-electron chi connectivity index (χ2n) is 2.69. The molecule has 0 radical (unpaired) electrons. The molecular formula is C8H11N3O2. The number of H-pyrrole nitrogens is 1. The van der Waals surface area contributed by atoms with Gasteiger partial charge in [-0.15, -0.1) is 0 Å². The quantitative estimate of drug-likeness (QED) is 0.510. The Morgan fingerprint density at radius 1 is 1.69 bits per heavy atom. The maximum atomic E-state index is 11.5. The highest BCUT2D eigenvalue weighted by molar-refractivity contribution is 6.08. The Hall–Kier alpha value is -1.65. The van der Waals surface area contributed by atoms with Crippen molar-refractivity contribution in [2.24, 2.45) is 11.7 Å². The van der Waals surface area contributed by atoms with Crippen molar-refractivity contribution < 1.29 is 9.59 Å². The summed E-state index contributed by atoms with van der Waals surface area (Å²) in [5, 5.41) is 0. The Labute approximate surface area is 75.3 Å². The third kappa shape index (κ3) is 1.93. The van der Waals surface area contributed by atoms with E-state index in [4.69, 9.17) is 5.73 Å². The SMILES string of the molecule is CCC(C(N)=O)C(=O)c1cnc[nH]1. The van der Waals surface area contributed by atoms with Crippen LogP contribution in [0.25, 0.3) is 0 Å². The molecular weight excluding hydrogens is 170 g/mol. The molecule has 1 amide bonds. The fourth-order valence-corrected chi connectivity index (χ4v) is 1.09. The highest BCUT2D eigenvalue weighted by Crippen LogP contribution is 2.09. The number of aromatic nitrogens is 2. The predicted molar refractivity (Wildman–Crippen MR) is 45.9 cm³/mol. The first-order chi connectivity index (χ1) is 6.16. The van der Waals surface area contributed by atoms with E-state index in [1.807, 2.05) is 0 Å². The molecule has 0 aromatic carbocycles. The summed E-state index contributed by atoms with van der Waals surface area (Å²) < 4.78 is 0. The minimum atomic E-state index is -0.750. The Morgan fingerprint density at radius 2 is 2.38 bits per heavy atom. The summed E-state index contributed by atoms with van der Waals surface area (Å²) in [6, 6.07) is 0. The Bertz CT molecular complexity index is 305. The lowest BCUT2D eigenvalue weighted by molar-refractivity contribution is -0.120. The van der Waals surface area contributed by atoms with E-state index in [1.54, 1.807) is 6.92 Å². The molecule has 1 aromatic heterocycles. The van der Waals surface area contributed by atoms with Gasteiger partial charge in [0.25, 0.3) is 0 Å². The minimum Gasteiger partial charge on any atom is -0.369 e. The molecule has 0 fully saturated rings. The first-order valence-corrected chi connectivity index (χ1v) is 3.98. The Kier molecular flexibility index (Phi) is 2.79. The molecule has 1 heterocycles. The summed E-state index contributed by atoms with van der Waals surface area (Å²) in [6.45, 7) is 1.74. The lowest BCUT2D eigenvalue weighted by Crippen LogP contribution is -2.30. The molecule has 0 bridgehead atoms. The van der Waals surface area contributed by atoms with Crippen LogP contribution in [-0.2, 0) is 4.79 Å². The van der Waals surface area contributed by atoms with Gasteiger partial charge in [0.2, 0.25) is 5.91 Å². The number of nitrogens with two attached hydrogens (primary N) is 1. The monoisotopic (exact) mass is 181 g/mol. The number of aromatic amines is 1. The van der Waals surface area contributed by atoms with E-state index < -0.39 is 11.8 Å². The maximum Gasteiger partial charge on any atom is 0.228 e. The van der Waals surface area contributed by atoms with Gasteiger partial charge in [-0.05, 0) is 6.42 Å². The highest BCUT2D eigenvalue weighted by atomic mass is 16.2. The summed E-state index contributed by atoms with van der Waals surface area (Å²) in [7, 11) is 0. The van der Waals surface area contributed by atoms with Crippen molar-refractivity contribution in [2.75, 3.05) is 0 Å². The van der Waals surface area contributed by atoms with Crippen molar-refractivity contribution in [3.8, 4) is 0 Å². The van der Waals surface area contributed by atoms with E-state index >= 15 is 0 Å². The lowest BCUT2D eigenvalue weighted by Gasteiger charge is -2.06. The molecule has 1 unspecified atom stereocenters. The molecule has 5 nitrogen and oxygen atoms in total. The van der Waals surface area contributed by atoms with Crippen molar-refractivity contribution >= 4 is 11.7 Å². The summed E-state index contributed by atoms with van der Waals surface area (Å²) in [4.78, 5) is 28.7. The zero-order valence-electron chi connectivity index (χ0n) is 7.28. The molecule has 0 saturated heterocycles. The summed E-state index contributed by atoms with van der Waals surface area (Å²) in [5.41, 5.74) is 5.38. The first kappa shape index (κ1) is 9.44. The van der Waals surface area contributed by atoms with Crippen molar-refractivity contribution in [1.29, 1.82) is 0 Å². The minimum absolute atomic E-state index is 0.299. The average molecular weight is 181 g/mol. The number of imidazole rings is 1. The zero-order valence-corrected chi connectivity index (χ0v) is 7.28. The van der Waals surface area contributed by atoms with Crippen LogP contribution < -0.4 is 5.73 Å². The van der Waals surface area contributed by atoms with Gasteiger partial charge in [-0.3, -0.25) is 9.59 Å². The Balaban J connectivity index is 2.83. The number of primary amides is 1. The molecule has 0 aliphatic rings. The summed E-state index contributed by atoms with van der Waals surface area (Å²) in [6.07, 6.45) is 3.18. The molecule has 13 heavy (non-hydrogen) atoms. The second-order valence-corrected chi connectivity index (χ2v) is 2.69. The van der Waals surface area contributed by atoms with E-state index in [0.717, 1.165) is 0 Å². The fourth-order valence-electron chi connectivity index (χ4n) is 1.09. The molecule has 70 valence electrons. The third-order valence-corrected chi connectivity index (χ3v) is 1.83. The van der Waals surface area contributed by atoms with Gasteiger partial charge in [0.05, 0.1) is 12.5 Å². The molecule has 0 saturated carbocycles. The zero-order chi connectivity index (χ0) is 9.84. The topological polar surface area (TPSA) is 88.8 Å². The molecule has 3 N–H and O–H groups in total. The van der Waals surface area contributed by atoms with Crippen molar-refractivity contribution in [3.05, 3.63) is 18.2 Å². The average Bonchev–Trinajstić information content (AvgIpc) is 2.56. The smallest absolute Gasteiger partial charge is 0.228 e. The molecule has 1 atom stereocenters. The van der Waals surface area contributed by atoms with Crippen LogP contribution in [0.4, 0.5) is 0 Å². The molecule has 0 spiro atoms. The number of amides is 1. The van der Waals surface area contributed by atoms with Crippen LogP contribution in [0, 0.1) is 5.92 Å². The maximum absolute atomic E-state index is 11.5. The van der Waals surface area contributed by atoms with E-state index in [2.05, 4.69) is 9.97 Å². The lowest BCUT2D eigenvalue weighted by atomic mass is 9.99. The van der Waals surface area contributed by atoms with Gasteiger partial charge < -0.3 is 10.7 Å². The van der Waals surface area contributed by atoms with Gasteiger partial charge >= 0.3 is 0 Å². The van der Waals surface area contributed by atoms with Gasteiger partial charge in [0.15, 0.2) is 5.78 Å². The number of carbonyl (C=O) groups excluding carboxylic acids is 2. The molecule has 0 aliphatic heterocycles. The van der Waals surface area contributed by atoms with Crippen LogP contribution in [0.15, 0.2) is 12.5 Å². The number of nitrogens with one attached hydrogen (secondary N) is 1. The molecule has 5 heteroatoms. The standard InChI is InChI=1S/C8H11N3O2/c1-2-5(8(9)13)7(12)6-3-10-4-11-6/h3-5H,2H2,1H3,(H2,9,13)(H,10,11). The van der Waals surface area contributed by atoms with Crippen LogP contribution in [0.5, 0.6) is 0 Å². The van der Waals surface area contributed by atoms with Gasteiger partial charge in [0, 0.05) is 0 Å². The van der Waals surface area contributed by atoms with Crippen LogP contribution in [-0.4, -0.2) is 21.7 Å². The number of hydrogen-bond donors (Lipinski definition) is 2. The largest absolute Gasteiger partial charge is 0.369 e. The number of ketones is 1. The van der Waals surface area contributed by atoms with E-state index in [0.29, 0.717) is 12.1 Å². The van der Waals surface area contributed by atoms with Gasteiger partial charge in [-0.1, -0.05) is 6.92 Å². The third-order valence-electron chi connectivity index (χ3n) is 1.83. The van der Waals surface area contributed by atoms with Crippen LogP contribution in [0.2, 0.25) is 0 Å². The molecule has 0 aliphatic carbocycles. The summed E-state index contributed by atoms with van der Waals surface area (Å²) >= 11 is 0. The normalized spacial score (nSPS) is 12.4. The first-order valence-electron chi connectivity index (χ1n) is 3.98. The number of carbonyl (C=O) groups is 2. The van der Waals surface area contributed by atoms with E-state index in [-0.39, 0.29) is 5.78 Å². The second kappa shape index (κ2) is 3.84. The van der Waals surface area contributed by atoms with Crippen LogP contribution in [0.1, 0.15) is 23.8 Å². The van der Waals surface area contributed by atoms with Crippen LogP contribution in [0.3, 0.4) is 0 Å². The van der Waals surface area contributed by atoms with Gasteiger partial charge in [-0.2, -0.15) is 0 Å². The number of hydrogen-bond acceptors (Lipinski definition) is 3. The predicted octanol–water partition coefficient (Wildman–Crippen LogP) is 0.104.